The number of rotatable bonds is 4. The third kappa shape index (κ3) is 11.8. The van der Waals surface area contributed by atoms with Gasteiger partial charge in [0.25, 0.3) is 11.8 Å². The summed E-state index contributed by atoms with van der Waals surface area (Å²) >= 11 is 0. The van der Waals surface area contributed by atoms with Crippen LogP contribution in [0.25, 0.3) is 22.5 Å². The van der Waals surface area contributed by atoms with Gasteiger partial charge in [-0.2, -0.15) is 36.9 Å². The number of pyridine rings is 2. The molecule has 0 unspecified atom stereocenters. The predicted molar refractivity (Wildman–Crippen MR) is 218 cm³/mol. The lowest BCUT2D eigenvalue weighted by Gasteiger charge is -2.35. The van der Waals surface area contributed by atoms with Gasteiger partial charge in [0.1, 0.15) is 17.7 Å². The molecule has 62 heavy (non-hydrogen) atoms. The summed E-state index contributed by atoms with van der Waals surface area (Å²) in [5.74, 6) is -0.527. The second kappa shape index (κ2) is 19.6. The minimum absolute atomic E-state index is 0. The van der Waals surface area contributed by atoms with Gasteiger partial charge in [0.15, 0.2) is 0 Å². The van der Waals surface area contributed by atoms with Crippen molar-refractivity contribution in [2.45, 2.75) is 52.6 Å². The summed E-state index contributed by atoms with van der Waals surface area (Å²) in [6.45, 7) is 12.3. The standard InChI is InChI=1S/C24H25F3N4O3.C19H17F3N4O.ClH/c1-15-19(21(32)30-9-11-31(12-10-30)22(33)34-23(2,3)4)13-17(14-28)20(29-15)16-5-7-18(8-6-16)24(25,26)27;1-12-16(18(27)26-8-6-24-7-9-26)10-14(11-23)17(25-12)13-2-4-15(5-3-13)19(20,21)22;/h5-8,13H,9-12H2,1-4H3;2-5,10,24H,6-9H2,1H3;1H. The first-order valence-corrected chi connectivity index (χ1v) is 19.1. The van der Waals surface area contributed by atoms with Crippen LogP contribution in [0.1, 0.15) is 75.1 Å². The number of carbonyl (C=O) groups is 3. The monoisotopic (exact) mass is 884 g/mol. The molecule has 6 rings (SSSR count). The summed E-state index contributed by atoms with van der Waals surface area (Å²) in [5.41, 5.74) is 0.621. The van der Waals surface area contributed by atoms with Gasteiger partial charge in [-0.25, -0.2) is 4.79 Å². The van der Waals surface area contributed by atoms with E-state index < -0.39 is 35.2 Å². The van der Waals surface area contributed by atoms with Crippen LogP contribution in [-0.4, -0.2) is 101 Å². The van der Waals surface area contributed by atoms with E-state index in [0.29, 0.717) is 80.4 Å². The number of aromatic nitrogens is 2. The van der Waals surface area contributed by atoms with Gasteiger partial charge < -0.3 is 24.8 Å². The van der Waals surface area contributed by atoms with Crippen molar-refractivity contribution < 1.29 is 45.5 Å². The van der Waals surface area contributed by atoms with Crippen LogP contribution in [0.4, 0.5) is 31.1 Å². The van der Waals surface area contributed by atoms with Crippen molar-refractivity contribution in [3.05, 3.63) is 105 Å². The largest absolute Gasteiger partial charge is 0.444 e. The lowest BCUT2D eigenvalue weighted by Crippen LogP contribution is -2.51. The van der Waals surface area contributed by atoms with Crippen molar-refractivity contribution in [2.24, 2.45) is 0 Å². The number of nitriles is 2. The van der Waals surface area contributed by atoms with Gasteiger partial charge in [-0.05, 0) is 71.0 Å². The molecule has 0 spiro atoms. The normalized spacial score (nSPS) is 14.4. The minimum atomic E-state index is -4.47. The lowest BCUT2D eigenvalue weighted by atomic mass is 10.0. The van der Waals surface area contributed by atoms with Crippen LogP contribution in [0.3, 0.4) is 0 Å². The number of halogens is 7. The summed E-state index contributed by atoms with van der Waals surface area (Å²) in [7, 11) is 0. The first-order valence-electron chi connectivity index (χ1n) is 19.1. The van der Waals surface area contributed by atoms with E-state index in [1.165, 1.54) is 41.3 Å². The Morgan fingerprint density at radius 1 is 0.629 bits per heavy atom. The fourth-order valence-electron chi connectivity index (χ4n) is 6.52. The molecule has 0 aliphatic carbocycles. The predicted octanol–water partition coefficient (Wildman–Crippen LogP) is 8.06. The molecule has 0 saturated carbocycles. The number of carbonyl (C=O) groups excluding carboxylic acids is 3. The first kappa shape index (κ1) is 48.4. The number of alkyl halides is 6. The topological polar surface area (TPSA) is 156 Å². The van der Waals surface area contributed by atoms with E-state index in [9.17, 15) is 51.2 Å². The van der Waals surface area contributed by atoms with Crippen LogP contribution in [0.5, 0.6) is 0 Å². The molecular weight excluding hydrogens is 842 g/mol. The highest BCUT2D eigenvalue weighted by molar-refractivity contribution is 5.97. The highest BCUT2D eigenvalue weighted by Gasteiger charge is 2.32. The molecule has 4 aromatic rings. The summed E-state index contributed by atoms with van der Waals surface area (Å²) in [4.78, 5) is 51.6. The molecule has 2 aliphatic heterocycles. The summed E-state index contributed by atoms with van der Waals surface area (Å²) in [6, 6.07) is 15.7. The van der Waals surface area contributed by atoms with E-state index in [2.05, 4.69) is 15.3 Å². The van der Waals surface area contributed by atoms with Gasteiger partial charge in [-0.3, -0.25) is 19.6 Å². The maximum absolute atomic E-state index is 13.1. The van der Waals surface area contributed by atoms with Crippen molar-refractivity contribution in [2.75, 3.05) is 52.4 Å². The van der Waals surface area contributed by atoms with E-state index in [1.807, 2.05) is 12.1 Å². The van der Waals surface area contributed by atoms with E-state index in [-0.39, 0.29) is 52.3 Å². The number of ether oxygens (including phenoxy) is 1. The van der Waals surface area contributed by atoms with Crippen LogP contribution in [0.2, 0.25) is 0 Å². The molecule has 2 aromatic heterocycles. The molecule has 4 heterocycles. The average Bonchev–Trinajstić information content (AvgIpc) is 3.22. The number of nitrogens with one attached hydrogen (secondary N) is 1. The van der Waals surface area contributed by atoms with E-state index in [1.54, 1.807) is 44.4 Å². The molecule has 328 valence electrons. The number of piperazine rings is 2. The Bertz CT molecular complexity index is 2360. The number of aryl methyl sites for hydroxylation is 2. The lowest BCUT2D eigenvalue weighted by molar-refractivity contribution is -0.138. The van der Waals surface area contributed by atoms with Crippen molar-refractivity contribution >= 4 is 30.3 Å². The molecular formula is C43H43ClF6N8O4. The Morgan fingerprint density at radius 2 is 0.984 bits per heavy atom. The number of benzene rings is 2. The quantitative estimate of drug-likeness (QED) is 0.201. The van der Waals surface area contributed by atoms with Gasteiger partial charge in [0, 0.05) is 63.5 Å². The van der Waals surface area contributed by atoms with Crippen LogP contribution in [-0.2, 0) is 17.1 Å². The zero-order chi connectivity index (χ0) is 44.9. The summed E-state index contributed by atoms with van der Waals surface area (Å²) in [5, 5.41) is 22.2. The highest BCUT2D eigenvalue weighted by Crippen LogP contribution is 2.33. The van der Waals surface area contributed by atoms with Crippen molar-refractivity contribution in [3.63, 3.8) is 0 Å². The van der Waals surface area contributed by atoms with E-state index in [0.717, 1.165) is 24.3 Å². The maximum atomic E-state index is 13.1. The molecule has 2 aromatic carbocycles. The third-order valence-corrected chi connectivity index (χ3v) is 9.72. The number of hydrogen-bond acceptors (Lipinski definition) is 9. The zero-order valence-electron chi connectivity index (χ0n) is 34.4. The van der Waals surface area contributed by atoms with Crippen LogP contribution in [0, 0.1) is 36.5 Å². The molecule has 2 aliphatic rings. The van der Waals surface area contributed by atoms with Gasteiger partial charge >= 0.3 is 18.4 Å². The van der Waals surface area contributed by atoms with Gasteiger partial charge in [-0.1, -0.05) is 24.3 Å². The Kier molecular flexibility index (Phi) is 15.3. The number of amides is 3. The molecule has 2 saturated heterocycles. The Morgan fingerprint density at radius 3 is 1.32 bits per heavy atom. The highest BCUT2D eigenvalue weighted by atomic mass is 35.5. The summed E-state index contributed by atoms with van der Waals surface area (Å²) in [6.07, 6.45) is -9.34. The first-order chi connectivity index (χ1) is 28.6. The molecule has 12 nitrogen and oxygen atoms in total. The summed E-state index contributed by atoms with van der Waals surface area (Å²) < 4.78 is 82.1. The number of hydrogen-bond donors (Lipinski definition) is 1. The fourth-order valence-corrected chi connectivity index (χ4v) is 6.52. The second-order valence-electron chi connectivity index (χ2n) is 15.2. The van der Waals surface area contributed by atoms with Gasteiger partial charge in [0.05, 0.1) is 56.2 Å². The van der Waals surface area contributed by atoms with Crippen molar-refractivity contribution in [1.29, 1.82) is 10.5 Å². The maximum Gasteiger partial charge on any atom is 0.416 e. The van der Waals surface area contributed by atoms with Crippen molar-refractivity contribution in [3.8, 4) is 34.7 Å². The molecule has 0 bridgehead atoms. The average molecular weight is 885 g/mol. The Hall–Kier alpha value is -6.24. The van der Waals surface area contributed by atoms with Gasteiger partial charge in [0.2, 0.25) is 0 Å². The molecule has 3 amide bonds. The van der Waals surface area contributed by atoms with Crippen LogP contribution >= 0.6 is 12.4 Å². The Labute approximate surface area is 360 Å². The Balaban J connectivity index is 0.000000275. The van der Waals surface area contributed by atoms with E-state index >= 15 is 0 Å². The van der Waals surface area contributed by atoms with Crippen LogP contribution in [0.15, 0.2) is 60.7 Å². The second-order valence-corrected chi connectivity index (χ2v) is 15.2. The van der Waals surface area contributed by atoms with E-state index in [4.69, 9.17) is 4.74 Å². The van der Waals surface area contributed by atoms with Crippen molar-refractivity contribution in [1.82, 2.24) is 30.0 Å². The number of nitrogens with zero attached hydrogens (tertiary/aromatic N) is 7. The smallest absolute Gasteiger partial charge is 0.416 e. The molecule has 19 heteroatoms. The molecule has 0 radical (unpaired) electrons. The molecule has 2 fully saturated rings. The SMILES string of the molecule is Cc1nc(-c2ccc(C(F)(F)F)cc2)c(C#N)cc1C(=O)N1CCN(C(=O)OC(C)(C)C)CC1.Cc1nc(-c2ccc(C(F)(F)F)cc2)c(C#N)cc1C(=O)N1CCNCC1.Cl. The fraction of sp³-hybridized carbons (Fsp3) is 0.372. The zero-order valence-corrected chi connectivity index (χ0v) is 35.2. The van der Waals surface area contributed by atoms with Crippen LogP contribution < -0.4 is 5.32 Å². The van der Waals surface area contributed by atoms with Gasteiger partial charge in [-0.15, -0.1) is 12.4 Å². The third-order valence-electron chi connectivity index (χ3n) is 9.72. The molecule has 1 N–H and O–H groups in total. The molecule has 0 atom stereocenters. The minimum Gasteiger partial charge on any atom is -0.444 e.